The Kier molecular flexibility index (Phi) is 11.7. The summed E-state index contributed by atoms with van der Waals surface area (Å²) in [4.78, 5) is 24.0. The fourth-order valence-corrected chi connectivity index (χ4v) is 4.14. The maximum Gasteiger partial charge on any atom is 0.342 e. The van der Waals surface area contributed by atoms with Crippen molar-refractivity contribution in [2.75, 3.05) is 13.2 Å². The number of benzene rings is 1. The number of hydrogen-bond acceptors (Lipinski definition) is 9. The van der Waals surface area contributed by atoms with Crippen LogP contribution in [0.4, 0.5) is 5.69 Å². The third kappa shape index (κ3) is 8.64. The molecular formula is C21H31NO8S. The summed E-state index contributed by atoms with van der Waals surface area (Å²) < 4.78 is 15.5. The predicted octanol–water partition coefficient (Wildman–Crippen LogP) is 6.11. The molecule has 9 nitrogen and oxygen atoms in total. The summed E-state index contributed by atoms with van der Waals surface area (Å²) in [6.45, 7) is 2.59. The van der Waals surface area contributed by atoms with Crippen LogP contribution in [0.5, 0.6) is 5.75 Å². The molecule has 0 heterocycles. The highest BCUT2D eigenvalue weighted by molar-refractivity contribution is 7.94. The Bertz CT molecular complexity index is 709. The molecule has 0 amide bonds. The van der Waals surface area contributed by atoms with Gasteiger partial charge in [0.05, 0.1) is 30.2 Å². The van der Waals surface area contributed by atoms with Crippen molar-refractivity contribution in [1.82, 2.24) is 0 Å². The molecule has 1 aliphatic carbocycles. The number of rotatable bonds is 14. The van der Waals surface area contributed by atoms with Gasteiger partial charge in [-0.2, -0.15) is 0 Å². The molecule has 0 aliphatic heterocycles. The molecule has 1 fully saturated rings. The minimum atomic E-state index is -0.685. The van der Waals surface area contributed by atoms with E-state index in [0.717, 1.165) is 44.9 Å². The van der Waals surface area contributed by atoms with Gasteiger partial charge in [-0.25, -0.2) is 10.1 Å². The molecule has 0 unspecified atom stereocenters. The number of unbranched alkanes of at least 4 members (excludes halogenated alkanes) is 3. The van der Waals surface area contributed by atoms with Crippen molar-refractivity contribution < 1.29 is 33.8 Å². The average molecular weight is 458 g/mol. The maximum atomic E-state index is 12.8. The third-order valence-corrected chi connectivity index (χ3v) is 5.91. The number of nitro groups is 1. The van der Waals surface area contributed by atoms with Crippen LogP contribution >= 0.6 is 12.0 Å². The fourth-order valence-electron chi connectivity index (χ4n) is 3.70. The van der Waals surface area contributed by atoms with Gasteiger partial charge >= 0.3 is 11.7 Å². The van der Waals surface area contributed by atoms with Gasteiger partial charge in [-0.3, -0.25) is 10.1 Å². The molecule has 0 bridgehead atoms. The minimum Gasteiger partial charge on any atom is -0.486 e. The molecule has 0 saturated heterocycles. The van der Waals surface area contributed by atoms with Gasteiger partial charge in [-0.05, 0) is 24.8 Å². The predicted molar refractivity (Wildman–Crippen MR) is 115 cm³/mol. The normalized spacial score (nSPS) is 14.4. The molecule has 10 heteroatoms. The number of nitro benzene ring substituents is 1. The van der Waals surface area contributed by atoms with E-state index in [9.17, 15) is 14.9 Å². The molecule has 31 heavy (non-hydrogen) atoms. The van der Waals surface area contributed by atoms with Crippen molar-refractivity contribution in [2.45, 2.75) is 76.0 Å². The van der Waals surface area contributed by atoms with Crippen LogP contribution in [-0.2, 0) is 14.1 Å². The number of ether oxygens (including phenoxy) is 2. The molecule has 0 spiro atoms. The highest BCUT2D eigenvalue weighted by atomic mass is 32.2. The highest BCUT2D eigenvalue weighted by Crippen LogP contribution is 2.37. The Morgan fingerprint density at radius 3 is 2.65 bits per heavy atom. The van der Waals surface area contributed by atoms with E-state index in [1.165, 1.54) is 31.4 Å². The summed E-state index contributed by atoms with van der Waals surface area (Å²) >= 11 is 0.534. The maximum absolute atomic E-state index is 12.8. The van der Waals surface area contributed by atoms with Crippen molar-refractivity contribution >= 4 is 23.7 Å². The second-order valence-corrected chi connectivity index (χ2v) is 8.41. The van der Waals surface area contributed by atoms with Crippen LogP contribution in [0, 0.1) is 16.0 Å². The number of hydrogen-bond donors (Lipinski definition) is 1. The summed E-state index contributed by atoms with van der Waals surface area (Å²) in [6.07, 6.45) is 10.5. The Morgan fingerprint density at radius 2 is 1.97 bits per heavy atom. The Morgan fingerprint density at radius 1 is 1.19 bits per heavy atom. The third-order valence-electron chi connectivity index (χ3n) is 5.35. The lowest BCUT2D eigenvalue weighted by atomic mass is 9.87. The number of nitrogens with zero attached hydrogens (tertiary/aromatic N) is 1. The van der Waals surface area contributed by atoms with Crippen LogP contribution in [-0.4, -0.2) is 29.4 Å². The van der Waals surface area contributed by atoms with Crippen molar-refractivity contribution in [3.8, 4) is 5.75 Å². The van der Waals surface area contributed by atoms with Crippen molar-refractivity contribution in [1.29, 1.82) is 0 Å². The van der Waals surface area contributed by atoms with Gasteiger partial charge in [-0.1, -0.05) is 63.3 Å². The Balaban J connectivity index is 2.14. The van der Waals surface area contributed by atoms with Crippen LogP contribution in [0.2, 0.25) is 0 Å². The van der Waals surface area contributed by atoms with Gasteiger partial charge in [0.25, 0.3) is 0 Å². The molecule has 1 saturated carbocycles. The van der Waals surface area contributed by atoms with E-state index in [-0.39, 0.29) is 35.1 Å². The first-order chi connectivity index (χ1) is 15.1. The lowest BCUT2D eigenvalue weighted by Crippen LogP contribution is -2.14. The highest BCUT2D eigenvalue weighted by Gasteiger charge is 2.27. The van der Waals surface area contributed by atoms with Gasteiger partial charge in [0.15, 0.2) is 0 Å². The second-order valence-electron chi connectivity index (χ2n) is 7.64. The SMILES string of the molecule is CCCCCCOc1c(C(=O)OCCC2CCCCC2)cc(SOOO)cc1[N+](=O)[O-]. The van der Waals surface area contributed by atoms with E-state index in [4.69, 9.17) is 14.7 Å². The smallest absolute Gasteiger partial charge is 0.342 e. The van der Waals surface area contributed by atoms with Crippen molar-refractivity contribution in [3.05, 3.63) is 27.8 Å². The quantitative estimate of drug-likeness (QED) is 0.0881. The van der Waals surface area contributed by atoms with Crippen LogP contribution in [0.3, 0.4) is 0 Å². The lowest BCUT2D eigenvalue weighted by Gasteiger charge is -2.21. The molecule has 0 atom stereocenters. The monoisotopic (exact) mass is 457 g/mol. The molecule has 0 radical (unpaired) electrons. The van der Waals surface area contributed by atoms with E-state index >= 15 is 0 Å². The van der Waals surface area contributed by atoms with Gasteiger partial charge in [0.2, 0.25) is 5.75 Å². The largest absolute Gasteiger partial charge is 0.486 e. The molecule has 1 aromatic carbocycles. The van der Waals surface area contributed by atoms with Crippen molar-refractivity contribution in [2.24, 2.45) is 5.92 Å². The zero-order chi connectivity index (χ0) is 22.5. The number of esters is 1. The van der Waals surface area contributed by atoms with Crippen LogP contribution in [0.25, 0.3) is 0 Å². The number of carbonyl (C=O) groups excluding carboxylic acids is 1. The van der Waals surface area contributed by atoms with E-state index in [0.29, 0.717) is 18.0 Å². The lowest BCUT2D eigenvalue weighted by molar-refractivity contribution is -0.432. The Hall–Kier alpha value is -1.88. The summed E-state index contributed by atoms with van der Waals surface area (Å²) in [5, 5.41) is 23.6. The van der Waals surface area contributed by atoms with Crippen molar-refractivity contribution in [3.63, 3.8) is 0 Å². The van der Waals surface area contributed by atoms with Crippen LogP contribution in [0.1, 0.15) is 81.5 Å². The first-order valence-corrected chi connectivity index (χ1v) is 11.6. The summed E-state index contributed by atoms with van der Waals surface area (Å²) in [5.41, 5.74) is -0.418. The van der Waals surface area contributed by atoms with Crippen LogP contribution < -0.4 is 4.74 Å². The second kappa shape index (κ2) is 14.2. The first kappa shape index (κ1) is 25.4. The molecule has 0 aromatic heterocycles. The summed E-state index contributed by atoms with van der Waals surface area (Å²) in [7, 11) is 0. The first-order valence-electron chi connectivity index (χ1n) is 10.8. The van der Waals surface area contributed by atoms with E-state index in [1.807, 2.05) is 0 Å². The molecule has 2 rings (SSSR count). The minimum absolute atomic E-state index is 0.0441. The fraction of sp³-hybridized carbons (Fsp3) is 0.667. The van der Waals surface area contributed by atoms with Gasteiger partial charge < -0.3 is 9.47 Å². The van der Waals surface area contributed by atoms with Crippen LogP contribution in [0.15, 0.2) is 17.0 Å². The molecule has 1 aromatic rings. The standard InChI is InChI=1S/C21H31NO8S/c1-2-3-4-8-12-27-20-18(14-17(31-30-29-26)15-19(20)22(24)25)21(23)28-13-11-16-9-6-5-7-10-16/h14-16,26H,2-13H2,1H3. The Labute approximate surface area is 186 Å². The summed E-state index contributed by atoms with van der Waals surface area (Å²) in [6, 6.07) is 2.57. The number of carbonyl (C=O) groups is 1. The van der Waals surface area contributed by atoms with E-state index < -0.39 is 10.9 Å². The van der Waals surface area contributed by atoms with Gasteiger partial charge in [0, 0.05) is 11.0 Å². The molecule has 174 valence electrons. The zero-order valence-electron chi connectivity index (χ0n) is 17.9. The zero-order valence-corrected chi connectivity index (χ0v) is 18.7. The summed E-state index contributed by atoms with van der Waals surface area (Å²) in [5.74, 6) is -0.254. The molecule has 1 aliphatic rings. The van der Waals surface area contributed by atoms with E-state index in [2.05, 4.69) is 16.3 Å². The molecule has 1 N–H and O–H groups in total. The van der Waals surface area contributed by atoms with E-state index in [1.54, 1.807) is 0 Å². The van der Waals surface area contributed by atoms with Gasteiger partial charge in [-0.15, -0.1) is 4.33 Å². The topological polar surface area (TPSA) is 117 Å². The van der Waals surface area contributed by atoms with Gasteiger partial charge in [0.1, 0.15) is 5.56 Å². The molecular weight excluding hydrogens is 426 g/mol. The average Bonchev–Trinajstić information content (AvgIpc) is 2.78.